The molecule has 0 bridgehead atoms. The van der Waals surface area contributed by atoms with Crippen molar-refractivity contribution in [2.24, 2.45) is 0 Å². The van der Waals surface area contributed by atoms with Gasteiger partial charge < -0.3 is 9.47 Å². The standard InChI is InChI=1S/C66H42N2/c1-3-20-45(21-4-1)65(46-22-5-2-6-23-46)56-28-12-9-24-50(56)52-38-36-48(41-60(52)65)67(47-35-34-43-18-7-8-19-44(43)40-47)49-37-39-53-51-25-10-13-29-57(51)66(61(53)42-49)58-30-14-16-33-63(58)68-62-32-15-11-26-54(62)55-27-17-31-59(66)64(55)68/h1-42H. The summed E-state index contributed by atoms with van der Waals surface area (Å²) in [5.74, 6) is 0. The topological polar surface area (TPSA) is 8.17 Å². The Morgan fingerprint density at radius 1 is 0.294 bits per heavy atom. The van der Waals surface area contributed by atoms with E-state index in [-0.39, 0.29) is 0 Å². The molecule has 15 rings (SSSR count). The van der Waals surface area contributed by atoms with Gasteiger partial charge >= 0.3 is 0 Å². The molecule has 1 aliphatic heterocycles. The van der Waals surface area contributed by atoms with Crippen LogP contribution in [-0.4, -0.2) is 4.57 Å². The minimum atomic E-state index is -0.577. The molecule has 2 nitrogen and oxygen atoms in total. The van der Waals surface area contributed by atoms with Gasteiger partial charge in [-0.3, -0.25) is 0 Å². The molecule has 2 heteroatoms. The van der Waals surface area contributed by atoms with Crippen molar-refractivity contribution in [2.45, 2.75) is 10.8 Å². The molecule has 0 amide bonds. The molecule has 0 saturated carbocycles. The maximum atomic E-state index is 2.53. The zero-order valence-electron chi connectivity index (χ0n) is 37.1. The van der Waals surface area contributed by atoms with Crippen molar-refractivity contribution in [3.63, 3.8) is 0 Å². The first kappa shape index (κ1) is 37.5. The molecule has 0 fully saturated rings. The fraction of sp³-hybridized carbons (Fsp3) is 0.0303. The van der Waals surface area contributed by atoms with Crippen molar-refractivity contribution in [3.8, 4) is 27.9 Å². The molecule has 11 aromatic carbocycles. The molecular formula is C66H42N2. The summed E-state index contributed by atoms with van der Waals surface area (Å²) in [6.07, 6.45) is 0. The molecule has 1 unspecified atom stereocenters. The summed E-state index contributed by atoms with van der Waals surface area (Å²) in [5.41, 5.74) is 21.4. The smallest absolute Gasteiger partial charge is 0.0755 e. The second-order valence-electron chi connectivity index (χ2n) is 18.7. The van der Waals surface area contributed by atoms with Crippen LogP contribution in [0.3, 0.4) is 0 Å². The molecule has 1 spiro atoms. The maximum absolute atomic E-state index is 2.53. The van der Waals surface area contributed by atoms with E-state index in [0.717, 1.165) is 17.1 Å². The fourth-order valence-electron chi connectivity index (χ4n) is 13.0. The Labute approximate surface area is 395 Å². The Balaban J connectivity index is 1.03. The number of fused-ring (bicyclic) bond motifs is 16. The van der Waals surface area contributed by atoms with Crippen LogP contribution in [0.2, 0.25) is 0 Å². The van der Waals surface area contributed by atoms with Gasteiger partial charge in [-0.05, 0) is 126 Å². The van der Waals surface area contributed by atoms with Gasteiger partial charge in [0.1, 0.15) is 0 Å². The lowest BCUT2D eigenvalue weighted by Crippen LogP contribution is -2.33. The quantitative estimate of drug-likeness (QED) is 0.167. The molecule has 2 heterocycles. The summed E-state index contributed by atoms with van der Waals surface area (Å²) in [4.78, 5) is 2.51. The highest BCUT2D eigenvalue weighted by atomic mass is 15.1. The van der Waals surface area contributed by atoms with E-state index in [2.05, 4.69) is 264 Å². The van der Waals surface area contributed by atoms with E-state index in [1.54, 1.807) is 0 Å². The minimum absolute atomic E-state index is 0.536. The highest BCUT2D eigenvalue weighted by Gasteiger charge is 2.51. The van der Waals surface area contributed by atoms with E-state index in [1.165, 1.54) is 105 Å². The molecule has 316 valence electrons. The lowest BCUT2D eigenvalue weighted by atomic mass is 9.65. The summed E-state index contributed by atoms with van der Waals surface area (Å²) < 4.78 is 2.53. The number of anilines is 3. The third-order valence-electron chi connectivity index (χ3n) is 15.6. The monoisotopic (exact) mass is 862 g/mol. The zero-order valence-corrected chi connectivity index (χ0v) is 37.1. The van der Waals surface area contributed by atoms with Crippen LogP contribution in [0.4, 0.5) is 17.1 Å². The van der Waals surface area contributed by atoms with Crippen LogP contribution in [0, 0.1) is 0 Å². The van der Waals surface area contributed by atoms with Crippen LogP contribution in [0.15, 0.2) is 255 Å². The van der Waals surface area contributed by atoms with Gasteiger partial charge in [-0.25, -0.2) is 0 Å². The highest BCUT2D eigenvalue weighted by molar-refractivity contribution is 6.13. The highest BCUT2D eigenvalue weighted by Crippen LogP contribution is 2.62. The van der Waals surface area contributed by atoms with E-state index in [0.29, 0.717) is 0 Å². The Kier molecular flexibility index (Phi) is 7.67. The number of aromatic nitrogens is 1. The summed E-state index contributed by atoms with van der Waals surface area (Å²) in [7, 11) is 0. The minimum Gasteiger partial charge on any atom is -0.310 e. The molecule has 1 atom stereocenters. The van der Waals surface area contributed by atoms with Gasteiger partial charge in [0.25, 0.3) is 0 Å². The molecule has 2 aliphatic carbocycles. The van der Waals surface area contributed by atoms with Gasteiger partial charge in [-0.2, -0.15) is 0 Å². The summed E-state index contributed by atoms with van der Waals surface area (Å²) in [6, 6.07) is 95.7. The lowest BCUT2D eigenvalue weighted by molar-refractivity contribution is 0.748. The predicted molar refractivity (Wildman–Crippen MR) is 281 cm³/mol. The lowest BCUT2D eigenvalue weighted by Gasteiger charge is -2.40. The van der Waals surface area contributed by atoms with Gasteiger partial charge in [0, 0.05) is 27.8 Å². The van der Waals surface area contributed by atoms with E-state index in [1.807, 2.05) is 0 Å². The number of benzene rings is 11. The zero-order chi connectivity index (χ0) is 44.6. The average Bonchev–Trinajstić information content (AvgIpc) is 4.01. The van der Waals surface area contributed by atoms with Crippen LogP contribution in [-0.2, 0) is 10.8 Å². The van der Waals surface area contributed by atoms with Crippen LogP contribution >= 0.6 is 0 Å². The van der Waals surface area contributed by atoms with Crippen LogP contribution in [0.5, 0.6) is 0 Å². The summed E-state index contributed by atoms with van der Waals surface area (Å²) >= 11 is 0. The third-order valence-corrected chi connectivity index (χ3v) is 15.6. The Hall–Kier alpha value is -8.72. The van der Waals surface area contributed by atoms with E-state index < -0.39 is 10.8 Å². The normalized spacial score (nSPS) is 15.5. The maximum Gasteiger partial charge on any atom is 0.0755 e. The molecule has 0 saturated heterocycles. The Morgan fingerprint density at radius 2 is 0.779 bits per heavy atom. The van der Waals surface area contributed by atoms with E-state index in [9.17, 15) is 0 Å². The second kappa shape index (κ2) is 13.9. The van der Waals surface area contributed by atoms with Crippen molar-refractivity contribution in [1.29, 1.82) is 0 Å². The fourth-order valence-corrected chi connectivity index (χ4v) is 13.0. The predicted octanol–water partition coefficient (Wildman–Crippen LogP) is 16.4. The van der Waals surface area contributed by atoms with Crippen molar-refractivity contribution in [3.05, 3.63) is 299 Å². The van der Waals surface area contributed by atoms with Crippen LogP contribution < -0.4 is 4.90 Å². The molecule has 12 aromatic rings. The number of rotatable bonds is 5. The van der Waals surface area contributed by atoms with Crippen molar-refractivity contribution in [1.82, 2.24) is 4.57 Å². The first-order valence-corrected chi connectivity index (χ1v) is 23.8. The third kappa shape index (κ3) is 4.76. The van der Waals surface area contributed by atoms with Gasteiger partial charge in [0.2, 0.25) is 0 Å². The number of hydrogen-bond acceptors (Lipinski definition) is 1. The summed E-state index contributed by atoms with van der Waals surface area (Å²) in [6.45, 7) is 0. The van der Waals surface area contributed by atoms with E-state index in [4.69, 9.17) is 0 Å². The average molecular weight is 863 g/mol. The van der Waals surface area contributed by atoms with Crippen LogP contribution in [0.25, 0.3) is 60.5 Å². The first-order chi connectivity index (χ1) is 33.7. The number of nitrogens with zero attached hydrogens (tertiary/aromatic N) is 2. The largest absolute Gasteiger partial charge is 0.310 e. The van der Waals surface area contributed by atoms with E-state index >= 15 is 0 Å². The molecule has 1 aromatic heterocycles. The van der Waals surface area contributed by atoms with Crippen LogP contribution in [0.1, 0.15) is 44.5 Å². The number of hydrogen-bond donors (Lipinski definition) is 0. The van der Waals surface area contributed by atoms with Gasteiger partial charge in [-0.15, -0.1) is 0 Å². The molecular weight excluding hydrogens is 821 g/mol. The SMILES string of the molecule is c1ccc(C2(c3ccccc3)c3ccccc3-c3ccc(N(c4ccc5c(c4)C4(c6ccccc6-5)c5ccccc5-n5c6ccccc6c6cccc4c65)c4ccc5ccccc5c4)cc32)cc1. The van der Waals surface area contributed by atoms with Gasteiger partial charge in [0.05, 0.1) is 27.6 Å². The van der Waals surface area contributed by atoms with Crippen molar-refractivity contribution in [2.75, 3.05) is 4.90 Å². The Bertz CT molecular complexity index is 4010. The summed E-state index contributed by atoms with van der Waals surface area (Å²) in [5, 5.41) is 4.99. The molecule has 3 aliphatic rings. The molecule has 68 heavy (non-hydrogen) atoms. The molecule has 0 N–H and O–H groups in total. The first-order valence-electron chi connectivity index (χ1n) is 23.8. The van der Waals surface area contributed by atoms with Gasteiger partial charge in [0.15, 0.2) is 0 Å². The Morgan fingerprint density at radius 3 is 1.49 bits per heavy atom. The van der Waals surface area contributed by atoms with Gasteiger partial charge in [-0.1, -0.05) is 206 Å². The second-order valence-corrected chi connectivity index (χ2v) is 18.7. The van der Waals surface area contributed by atoms with Crippen molar-refractivity contribution < 1.29 is 0 Å². The molecule has 0 radical (unpaired) electrons. The number of para-hydroxylation sites is 3. The van der Waals surface area contributed by atoms with Crippen molar-refractivity contribution >= 4 is 49.6 Å².